The van der Waals surface area contributed by atoms with Gasteiger partial charge in [0, 0.05) is 57.0 Å². The van der Waals surface area contributed by atoms with Crippen molar-refractivity contribution >= 4 is 12.1 Å². The summed E-state index contributed by atoms with van der Waals surface area (Å²) in [4.78, 5) is 24.5. The number of hydrogen-bond acceptors (Lipinski definition) is 6. The van der Waals surface area contributed by atoms with Gasteiger partial charge in [0.05, 0.1) is 23.5 Å². The van der Waals surface area contributed by atoms with Crippen LogP contribution in [0.1, 0.15) is 29.4 Å². The Labute approximate surface area is 182 Å². The summed E-state index contributed by atoms with van der Waals surface area (Å²) in [5.41, 5.74) is 3.90. The maximum Gasteiger partial charge on any atom is 0.274 e. The van der Waals surface area contributed by atoms with Crippen LogP contribution >= 0.6 is 0 Å². The third kappa shape index (κ3) is 3.86. The number of aliphatic imine (C=N–C) groups is 1. The van der Waals surface area contributed by atoms with Gasteiger partial charge in [0.1, 0.15) is 11.4 Å². The Bertz CT molecular complexity index is 1060. The highest BCUT2D eigenvalue weighted by atomic mass is 16.5. The minimum atomic E-state index is -0.281. The standard InChI is InChI=1S/C24H27N5O2/c1-24(29-12-10-25-11-13-29)8-9-26-16-22(24)28-23(30)20-4-2-3-19(27-20)17-5-6-21-18(15-17)7-14-31-21/h2-6,9,15-16,25H,7-8,10-14H2,1H3,(H,28,30). The summed E-state index contributed by atoms with van der Waals surface area (Å²) in [5.74, 6) is 0.727. The maximum absolute atomic E-state index is 13.1. The lowest BCUT2D eigenvalue weighted by molar-refractivity contribution is 0.0896. The number of ether oxygens (including phenoxy) is 1. The molecule has 1 saturated heterocycles. The predicted octanol–water partition coefficient (Wildman–Crippen LogP) is 2.39. The van der Waals surface area contributed by atoms with Crippen LogP contribution in [0, 0.1) is 0 Å². The van der Waals surface area contributed by atoms with E-state index in [1.165, 1.54) is 5.56 Å². The molecule has 2 aromatic rings. The summed E-state index contributed by atoms with van der Waals surface area (Å²) < 4.78 is 5.60. The number of piperazine rings is 1. The van der Waals surface area contributed by atoms with Crippen molar-refractivity contribution in [2.75, 3.05) is 32.8 Å². The fourth-order valence-corrected chi connectivity index (χ4v) is 4.49. The van der Waals surface area contributed by atoms with Crippen LogP contribution in [0.3, 0.4) is 0 Å². The van der Waals surface area contributed by atoms with Gasteiger partial charge in [-0.2, -0.15) is 0 Å². The molecule has 1 amide bonds. The molecule has 160 valence electrons. The number of aromatic nitrogens is 1. The van der Waals surface area contributed by atoms with Gasteiger partial charge < -0.3 is 15.4 Å². The summed E-state index contributed by atoms with van der Waals surface area (Å²) >= 11 is 0. The molecule has 1 aromatic carbocycles. The van der Waals surface area contributed by atoms with E-state index in [-0.39, 0.29) is 11.4 Å². The van der Waals surface area contributed by atoms with Crippen molar-refractivity contribution in [1.29, 1.82) is 0 Å². The highest BCUT2D eigenvalue weighted by Crippen LogP contribution is 2.31. The van der Waals surface area contributed by atoms with Crippen LogP contribution in [0.4, 0.5) is 0 Å². The second-order valence-corrected chi connectivity index (χ2v) is 8.37. The number of amides is 1. The topological polar surface area (TPSA) is 78.8 Å². The second-order valence-electron chi connectivity index (χ2n) is 8.37. The van der Waals surface area contributed by atoms with Gasteiger partial charge in [-0.05, 0) is 42.8 Å². The van der Waals surface area contributed by atoms with E-state index >= 15 is 0 Å². The fraction of sp³-hybridized carbons (Fsp3) is 0.375. The molecule has 7 nitrogen and oxygen atoms in total. The molecule has 5 rings (SSSR count). The Morgan fingerprint density at radius 2 is 2.10 bits per heavy atom. The first-order valence-corrected chi connectivity index (χ1v) is 10.9. The molecule has 7 heteroatoms. The van der Waals surface area contributed by atoms with E-state index in [1.54, 1.807) is 12.3 Å². The van der Waals surface area contributed by atoms with Crippen LogP contribution in [0.5, 0.6) is 5.75 Å². The summed E-state index contributed by atoms with van der Waals surface area (Å²) in [6.07, 6.45) is 5.37. The zero-order valence-corrected chi connectivity index (χ0v) is 17.7. The lowest BCUT2D eigenvalue weighted by atomic mass is 9.89. The molecule has 0 saturated carbocycles. The maximum atomic E-state index is 13.1. The van der Waals surface area contributed by atoms with Crippen LogP contribution < -0.4 is 15.4 Å². The number of rotatable bonds is 4. The second kappa shape index (κ2) is 8.24. The molecule has 1 fully saturated rings. The van der Waals surface area contributed by atoms with Gasteiger partial charge in [-0.3, -0.25) is 14.7 Å². The van der Waals surface area contributed by atoms with E-state index in [9.17, 15) is 4.79 Å². The number of nitrogens with zero attached hydrogens (tertiary/aromatic N) is 3. The van der Waals surface area contributed by atoms with Crippen LogP contribution in [-0.4, -0.2) is 60.3 Å². The third-order valence-corrected chi connectivity index (χ3v) is 6.41. The van der Waals surface area contributed by atoms with Crippen LogP contribution in [0.2, 0.25) is 0 Å². The normalized spacial score (nSPS) is 23.1. The summed E-state index contributed by atoms with van der Waals surface area (Å²) in [6.45, 7) is 6.66. The van der Waals surface area contributed by atoms with E-state index in [1.807, 2.05) is 30.5 Å². The quantitative estimate of drug-likeness (QED) is 0.799. The first-order chi connectivity index (χ1) is 15.1. The summed E-state index contributed by atoms with van der Waals surface area (Å²) in [7, 11) is 0. The zero-order valence-electron chi connectivity index (χ0n) is 17.7. The van der Waals surface area contributed by atoms with E-state index in [4.69, 9.17) is 4.74 Å². The predicted molar refractivity (Wildman–Crippen MR) is 120 cm³/mol. The van der Waals surface area contributed by atoms with E-state index in [0.29, 0.717) is 5.69 Å². The van der Waals surface area contributed by atoms with Crippen molar-refractivity contribution in [3.63, 3.8) is 0 Å². The molecule has 3 aliphatic rings. The number of carbonyl (C=O) groups excluding carboxylic acids is 1. The van der Waals surface area contributed by atoms with Gasteiger partial charge in [0.25, 0.3) is 5.91 Å². The smallest absolute Gasteiger partial charge is 0.274 e. The van der Waals surface area contributed by atoms with Gasteiger partial charge in [-0.1, -0.05) is 6.07 Å². The number of nitrogens with one attached hydrogen (secondary N) is 2. The van der Waals surface area contributed by atoms with E-state index < -0.39 is 0 Å². The van der Waals surface area contributed by atoms with E-state index in [0.717, 1.165) is 68.3 Å². The SMILES string of the molecule is CC1(N2CCNCC2)CC=NC=C1NC(=O)c1cccc(-c2ccc3c(c2)CCO3)n1. The van der Waals surface area contributed by atoms with Gasteiger partial charge in [-0.15, -0.1) is 0 Å². The Morgan fingerprint density at radius 3 is 2.97 bits per heavy atom. The van der Waals surface area contributed by atoms with Gasteiger partial charge >= 0.3 is 0 Å². The zero-order chi connectivity index (χ0) is 21.3. The Balaban J connectivity index is 1.37. The highest BCUT2D eigenvalue weighted by molar-refractivity contribution is 5.94. The third-order valence-electron chi connectivity index (χ3n) is 6.41. The molecule has 0 radical (unpaired) electrons. The molecule has 1 unspecified atom stereocenters. The number of fused-ring (bicyclic) bond motifs is 1. The van der Waals surface area contributed by atoms with Crippen LogP contribution in [-0.2, 0) is 6.42 Å². The molecule has 1 aromatic heterocycles. The lowest BCUT2D eigenvalue weighted by Gasteiger charge is -2.45. The Morgan fingerprint density at radius 1 is 1.23 bits per heavy atom. The summed E-state index contributed by atoms with van der Waals surface area (Å²) in [5, 5.41) is 6.50. The molecule has 1 atom stereocenters. The number of pyridine rings is 1. The van der Waals surface area contributed by atoms with Crippen molar-refractivity contribution in [3.8, 4) is 17.0 Å². The first-order valence-electron chi connectivity index (χ1n) is 10.9. The van der Waals surface area contributed by atoms with Gasteiger partial charge in [0.15, 0.2) is 0 Å². The van der Waals surface area contributed by atoms with Crippen molar-refractivity contribution in [2.24, 2.45) is 4.99 Å². The fourth-order valence-electron chi connectivity index (χ4n) is 4.49. The number of hydrogen-bond donors (Lipinski definition) is 2. The molecule has 3 aliphatic heterocycles. The Kier molecular flexibility index (Phi) is 5.29. The molecular formula is C24H27N5O2. The largest absolute Gasteiger partial charge is 0.493 e. The summed E-state index contributed by atoms with van der Waals surface area (Å²) in [6, 6.07) is 11.6. The van der Waals surface area contributed by atoms with Crippen LogP contribution in [0.15, 0.2) is 53.3 Å². The van der Waals surface area contributed by atoms with Crippen molar-refractivity contribution < 1.29 is 9.53 Å². The molecule has 2 N–H and O–H groups in total. The average Bonchev–Trinajstić information content (AvgIpc) is 3.29. The number of carbonyl (C=O) groups is 1. The lowest BCUT2D eigenvalue weighted by Crippen LogP contribution is -2.58. The molecule has 0 aliphatic carbocycles. The molecule has 0 spiro atoms. The monoisotopic (exact) mass is 417 g/mol. The molecular weight excluding hydrogens is 390 g/mol. The highest BCUT2D eigenvalue weighted by Gasteiger charge is 2.38. The van der Waals surface area contributed by atoms with Gasteiger partial charge in [0.2, 0.25) is 0 Å². The number of benzene rings is 1. The first kappa shape index (κ1) is 19.9. The average molecular weight is 418 g/mol. The molecule has 0 bridgehead atoms. The molecule has 4 heterocycles. The van der Waals surface area contributed by atoms with Crippen molar-refractivity contribution in [2.45, 2.75) is 25.3 Å². The minimum Gasteiger partial charge on any atom is -0.493 e. The Hall–Kier alpha value is -3.03. The van der Waals surface area contributed by atoms with Crippen molar-refractivity contribution in [1.82, 2.24) is 20.5 Å². The minimum absolute atomic E-state index is 0.212. The van der Waals surface area contributed by atoms with Gasteiger partial charge in [-0.25, -0.2) is 4.98 Å². The van der Waals surface area contributed by atoms with Crippen LogP contribution in [0.25, 0.3) is 11.3 Å². The van der Waals surface area contributed by atoms with Crippen molar-refractivity contribution in [3.05, 3.63) is 59.6 Å². The molecule has 31 heavy (non-hydrogen) atoms. The van der Waals surface area contributed by atoms with E-state index in [2.05, 4.69) is 38.5 Å².